The highest BCUT2D eigenvalue weighted by molar-refractivity contribution is 5.20. The molecule has 2 saturated carbocycles. The summed E-state index contributed by atoms with van der Waals surface area (Å²) in [5, 5.41) is 0. The van der Waals surface area contributed by atoms with Crippen molar-refractivity contribution in [1.82, 2.24) is 0 Å². The molecule has 0 nitrogen and oxygen atoms in total. The highest BCUT2D eigenvalue weighted by Crippen LogP contribution is 2.78. The summed E-state index contributed by atoms with van der Waals surface area (Å²) in [6.07, 6.45) is 2.91. The van der Waals surface area contributed by atoms with Crippen LogP contribution in [0.2, 0.25) is 0 Å². The van der Waals surface area contributed by atoms with Gasteiger partial charge in [0.1, 0.15) is 0 Å². The van der Waals surface area contributed by atoms with Gasteiger partial charge in [-0.1, -0.05) is 34.6 Å². The first-order valence-corrected chi connectivity index (χ1v) is 5.45. The molecule has 4 unspecified atom stereocenters. The number of hydrogen-bond donors (Lipinski definition) is 0. The van der Waals surface area contributed by atoms with Gasteiger partial charge in [-0.05, 0) is 41.4 Å². The van der Waals surface area contributed by atoms with Crippen LogP contribution in [0.5, 0.6) is 0 Å². The van der Waals surface area contributed by atoms with Gasteiger partial charge in [0, 0.05) is 0 Å². The maximum Gasteiger partial charge on any atom is -0.0210 e. The van der Waals surface area contributed by atoms with Gasteiger partial charge in [-0.15, -0.1) is 0 Å². The van der Waals surface area contributed by atoms with Crippen molar-refractivity contribution in [3.8, 4) is 0 Å². The van der Waals surface area contributed by atoms with E-state index >= 15 is 0 Å². The second-order valence-corrected chi connectivity index (χ2v) is 5.67. The molecule has 12 heavy (non-hydrogen) atoms. The highest BCUT2D eigenvalue weighted by Gasteiger charge is 2.73. The SMILES string of the molecule is CC1CCC(C)C2(C)C(C)C12C. The normalized spacial score (nSPS) is 64.2. The molecule has 0 aromatic heterocycles. The van der Waals surface area contributed by atoms with Crippen LogP contribution in [0.15, 0.2) is 0 Å². The molecule has 0 spiro atoms. The van der Waals surface area contributed by atoms with Gasteiger partial charge in [0.15, 0.2) is 0 Å². The second-order valence-electron chi connectivity index (χ2n) is 5.67. The van der Waals surface area contributed by atoms with Crippen LogP contribution >= 0.6 is 0 Å². The van der Waals surface area contributed by atoms with Crippen LogP contribution in [0, 0.1) is 28.6 Å². The Bertz CT molecular complexity index is 186. The van der Waals surface area contributed by atoms with E-state index in [9.17, 15) is 0 Å². The Labute approximate surface area is 76.7 Å². The average molecular weight is 166 g/mol. The molecule has 2 fully saturated rings. The van der Waals surface area contributed by atoms with Crippen LogP contribution in [-0.2, 0) is 0 Å². The topological polar surface area (TPSA) is 0 Å². The quantitative estimate of drug-likeness (QED) is 0.514. The van der Waals surface area contributed by atoms with Gasteiger partial charge < -0.3 is 0 Å². The van der Waals surface area contributed by atoms with E-state index in [-0.39, 0.29) is 0 Å². The molecule has 2 aliphatic carbocycles. The molecule has 0 saturated heterocycles. The van der Waals surface area contributed by atoms with Gasteiger partial charge in [0.05, 0.1) is 0 Å². The predicted molar refractivity (Wildman–Crippen MR) is 52.9 cm³/mol. The van der Waals surface area contributed by atoms with Crippen LogP contribution in [0.4, 0.5) is 0 Å². The third-order valence-electron chi connectivity index (χ3n) is 5.96. The van der Waals surface area contributed by atoms with Crippen molar-refractivity contribution in [1.29, 1.82) is 0 Å². The van der Waals surface area contributed by atoms with Crippen molar-refractivity contribution in [2.45, 2.75) is 47.5 Å². The molecule has 4 atom stereocenters. The summed E-state index contributed by atoms with van der Waals surface area (Å²) < 4.78 is 0. The Balaban J connectivity index is 2.32. The standard InChI is InChI=1S/C12H22/c1-8-6-7-9(2)12(5)10(3)11(8,12)4/h8-10H,6-7H2,1-5H3. The van der Waals surface area contributed by atoms with E-state index in [4.69, 9.17) is 0 Å². The zero-order valence-corrected chi connectivity index (χ0v) is 9.15. The van der Waals surface area contributed by atoms with Crippen molar-refractivity contribution in [3.63, 3.8) is 0 Å². The minimum absolute atomic E-state index is 0.671. The summed E-state index contributed by atoms with van der Waals surface area (Å²) in [4.78, 5) is 0. The van der Waals surface area contributed by atoms with E-state index in [1.807, 2.05) is 0 Å². The third kappa shape index (κ3) is 0.625. The fourth-order valence-corrected chi connectivity index (χ4v) is 4.14. The number of rotatable bonds is 0. The smallest absolute Gasteiger partial charge is 0.0210 e. The first kappa shape index (κ1) is 8.59. The zero-order chi connectivity index (χ0) is 9.15. The first-order chi connectivity index (χ1) is 5.45. The minimum Gasteiger partial charge on any atom is -0.0620 e. The van der Waals surface area contributed by atoms with E-state index in [0.29, 0.717) is 10.8 Å². The maximum absolute atomic E-state index is 2.51. The number of hydrogen-bond acceptors (Lipinski definition) is 0. The Morgan fingerprint density at radius 3 is 1.50 bits per heavy atom. The van der Waals surface area contributed by atoms with Gasteiger partial charge in [0.2, 0.25) is 0 Å². The molecule has 0 amide bonds. The van der Waals surface area contributed by atoms with Gasteiger partial charge in [0.25, 0.3) is 0 Å². The monoisotopic (exact) mass is 166 g/mol. The lowest BCUT2D eigenvalue weighted by atomic mass is 9.69. The molecule has 70 valence electrons. The van der Waals surface area contributed by atoms with E-state index in [1.54, 1.807) is 0 Å². The minimum atomic E-state index is 0.671. The molecular formula is C12H22. The third-order valence-corrected chi connectivity index (χ3v) is 5.96. The molecule has 2 aliphatic rings. The summed E-state index contributed by atoms with van der Waals surface area (Å²) in [6.45, 7) is 12.4. The highest BCUT2D eigenvalue weighted by atomic mass is 14.8. The van der Waals surface area contributed by atoms with Gasteiger partial charge in [-0.3, -0.25) is 0 Å². The van der Waals surface area contributed by atoms with Gasteiger partial charge in [-0.2, -0.15) is 0 Å². The summed E-state index contributed by atoms with van der Waals surface area (Å²) in [6, 6.07) is 0. The Kier molecular flexibility index (Phi) is 1.49. The molecule has 0 heteroatoms. The number of fused-ring (bicyclic) bond motifs is 1. The van der Waals surface area contributed by atoms with Crippen LogP contribution in [0.25, 0.3) is 0 Å². The van der Waals surface area contributed by atoms with Crippen molar-refractivity contribution in [2.24, 2.45) is 28.6 Å². The van der Waals surface area contributed by atoms with Crippen LogP contribution in [-0.4, -0.2) is 0 Å². The molecule has 0 N–H and O–H groups in total. The Morgan fingerprint density at radius 2 is 1.17 bits per heavy atom. The molecule has 0 aromatic carbocycles. The van der Waals surface area contributed by atoms with Crippen LogP contribution in [0.1, 0.15) is 47.5 Å². The summed E-state index contributed by atoms with van der Waals surface area (Å²) in [7, 11) is 0. The molecule has 0 aromatic rings. The zero-order valence-electron chi connectivity index (χ0n) is 9.15. The van der Waals surface area contributed by atoms with Crippen molar-refractivity contribution in [3.05, 3.63) is 0 Å². The summed E-state index contributed by atoms with van der Waals surface area (Å²) in [5.41, 5.74) is 1.34. The van der Waals surface area contributed by atoms with Crippen LogP contribution < -0.4 is 0 Å². The van der Waals surface area contributed by atoms with Crippen molar-refractivity contribution >= 4 is 0 Å². The van der Waals surface area contributed by atoms with E-state index in [0.717, 1.165) is 17.8 Å². The maximum atomic E-state index is 2.51. The fourth-order valence-electron chi connectivity index (χ4n) is 4.14. The van der Waals surface area contributed by atoms with E-state index in [2.05, 4.69) is 34.6 Å². The lowest BCUT2D eigenvalue weighted by molar-refractivity contribution is 0.137. The van der Waals surface area contributed by atoms with Crippen molar-refractivity contribution < 1.29 is 0 Å². The summed E-state index contributed by atoms with van der Waals surface area (Å²) >= 11 is 0. The molecule has 0 bridgehead atoms. The Morgan fingerprint density at radius 1 is 0.833 bits per heavy atom. The molecule has 0 radical (unpaired) electrons. The second kappa shape index (κ2) is 2.08. The van der Waals surface area contributed by atoms with Crippen LogP contribution in [0.3, 0.4) is 0 Å². The molecule has 0 heterocycles. The summed E-state index contributed by atoms with van der Waals surface area (Å²) in [5.74, 6) is 2.86. The van der Waals surface area contributed by atoms with E-state index < -0.39 is 0 Å². The predicted octanol–water partition coefficient (Wildman–Crippen LogP) is 3.71. The lowest BCUT2D eigenvalue weighted by Crippen LogP contribution is -2.27. The lowest BCUT2D eigenvalue weighted by Gasteiger charge is -2.35. The largest absolute Gasteiger partial charge is 0.0620 e. The molecule has 2 rings (SSSR count). The van der Waals surface area contributed by atoms with Crippen molar-refractivity contribution in [2.75, 3.05) is 0 Å². The molecular weight excluding hydrogens is 144 g/mol. The molecule has 0 aliphatic heterocycles. The van der Waals surface area contributed by atoms with E-state index in [1.165, 1.54) is 12.8 Å². The fraction of sp³-hybridized carbons (Fsp3) is 1.00. The van der Waals surface area contributed by atoms with Gasteiger partial charge in [-0.25, -0.2) is 0 Å². The average Bonchev–Trinajstić information content (AvgIpc) is 2.49. The Hall–Kier alpha value is 0. The first-order valence-electron chi connectivity index (χ1n) is 5.45. The van der Waals surface area contributed by atoms with Gasteiger partial charge >= 0.3 is 0 Å².